The number of benzene rings is 10. The molecule has 6 atom stereocenters. The van der Waals surface area contributed by atoms with Gasteiger partial charge in [0.1, 0.15) is 54.2 Å². The van der Waals surface area contributed by atoms with E-state index in [1.807, 2.05) is 239 Å². The molecule has 10 aromatic carbocycles. The molecule has 0 spiro atoms. The van der Waals surface area contributed by atoms with Gasteiger partial charge in [0.2, 0.25) is 11.4 Å². The van der Waals surface area contributed by atoms with Crippen LogP contribution in [-0.2, 0) is 95.9 Å². The van der Waals surface area contributed by atoms with Gasteiger partial charge in [-0.05, 0) is 205 Å². The van der Waals surface area contributed by atoms with Gasteiger partial charge in [-0.15, -0.1) is 0 Å². The molecule has 0 radical (unpaired) electrons. The van der Waals surface area contributed by atoms with Crippen LogP contribution in [0.2, 0.25) is 0 Å². The van der Waals surface area contributed by atoms with E-state index in [-0.39, 0.29) is 74.9 Å². The molecule has 13 rings (SSSR count). The van der Waals surface area contributed by atoms with Crippen molar-refractivity contribution in [2.24, 2.45) is 39.4 Å². The molecule has 11 aromatic rings. The summed E-state index contributed by atoms with van der Waals surface area (Å²) in [6.45, 7) is 11.5. The van der Waals surface area contributed by atoms with Crippen LogP contribution in [-0.4, -0.2) is 147 Å². The number of para-hydroxylation sites is 1. The van der Waals surface area contributed by atoms with Crippen molar-refractivity contribution in [1.29, 1.82) is 0 Å². The number of carboxylic acid groups (broad SMARTS) is 2. The second-order valence-electron chi connectivity index (χ2n) is 33.7. The van der Waals surface area contributed by atoms with E-state index < -0.39 is 94.8 Å². The van der Waals surface area contributed by atoms with Crippen molar-refractivity contribution in [3.8, 4) is 50.3 Å². The smallest absolute Gasteiger partial charge is 0.407 e. The molecule has 2 aliphatic rings. The number of alkyl carbamates (subject to hydrolysis) is 1. The molecule has 658 valence electrons. The Labute approximate surface area is 737 Å². The average Bonchev–Trinajstić information content (AvgIpc) is 1.61. The molecular formula is C101H108N10O16. The minimum Gasteiger partial charge on any atom is -0.488 e. The number of carbonyl (C=O) groups excluding carboxylic acids is 8. The summed E-state index contributed by atoms with van der Waals surface area (Å²) in [6, 6.07) is 72.2. The number of H-pyrrole nitrogens is 1. The van der Waals surface area contributed by atoms with E-state index in [9.17, 15) is 53.1 Å². The number of ketones is 1. The molecule has 26 nitrogen and oxygen atoms in total. The molecule has 0 bridgehead atoms. The van der Waals surface area contributed by atoms with Crippen molar-refractivity contribution in [3.63, 3.8) is 0 Å². The number of hydrogen-bond donors (Lipinski definition) is 11. The number of nitrogens with one attached hydrogen (secondary N) is 3. The Morgan fingerprint density at radius 1 is 0.512 bits per heavy atom. The summed E-state index contributed by atoms with van der Waals surface area (Å²) in [5, 5.41) is 25.2. The van der Waals surface area contributed by atoms with Gasteiger partial charge in [-0.2, -0.15) is 0 Å². The lowest BCUT2D eigenvalue weighted by molar-refractivity contribution is -0.161. The normalized spacial score (nSPS) is 13.8. The van der Waals surface area contributed by atoms with E-state index in [4.69, 9.17) is 58.5 Å². The van der Waals surface area contributed by atoms with Gasteiger partial charge in [0.05, 0.1) is 18.1 Å². The zero-order chi connectivity index (χ0) is 91.3. The number of ether oxygens (including phenoxy) is 4. The number of aliphatic carboxylic acids is 2. The molecule has 2 aliphatic carbocycles. The van der Waals surface area contributed by atoms with Gasteiger partial charge in [0.15, 0.2) is 0 Å². The van der Waals surface area contributed by atoms with Gasteiger partial charge >= 0.3 is 30.0 Å². The van der Waals surface area contributed by atoms with Gasteiger partial charge in [0.25, 0.3) is 17.6 Å². The number of Topliss-reactive ketones (excluding diaryl/α,β-unsaturated/α-hetero) is 1. The van der Waals surface area contributed by atoms with Crippen molar-refractivity contribution in [2.45, 2.75) is 158 Å². The zero-order valence-corrected chi connectivity index (χ0v) is 71.8. The largest absolute Gasteiger partial charge is 0.488 e. The van der Waals surface area contributed by atoms with Crippen LogP contribution in [0.15, 0.2) is 254 Å². The highest BCUT2D eigenvalue weighted by atomic mass is 16.6. The number of carboxylic acids is 2. The molecule has 4 amide bonds. The first-order valence-corrected chi connectivity index (χ1v) is 42.0. The highest BCUT2D eigenvalue weighted by Gasteiger charge is 2.45. The fourth-order valence-electron chi connectivity index (χ4n) is 15.2. The van der Waals surface area contributed by atoms with E-state index >= 15 is 0 Å². The van der Waals surface area contributed by atoms with E-state index in [0.717, 1.165) is 112 Å². The third-order valence-corrected chi connectivity index (χ3v) is 21.7. The highest BCUT2D eigenvalue weighted by molar-refractivity contribution is 6.40. The summed E-state index contributed by atoms with van der Waals surface area (Å²) in [5.74, 6) is -6.89. The number of nitrogens with zero attached hydrogens (tertiary/aromatic N) is 1. The fourth-order valence-corrected chi connectivity index (χ4v) is 15.2. The average molecular weight is 1720 g/mol. The van der Waals surface area contributed by atoms with Crippen molar-refractivity contribution in [3.05, 3.63) is 304 Å². The Balaban J connectivity index is 0.000000185. The van der Waals surface area contributed by atoms with Crippen LogP contribution in [0.5, 0.6) is 5.75 Å². The standard InChI is InChI=1S/C35H48N6O6.C33H30N2O6.C33H30N2O4/c1-34(2,3)46-24-16-14-22(15-17-24)19-26(36)31(43)40-28(13-9-10-18-38-33(45)47-35(4,5)6)32(44)41-29(30(37)42)20-23-21-39-27-12-8-7-11-25(23)27;34-29(30(36)37)17-20-9-13-22(14-10-20)23-15-11-21(12-16-23)18-33(35,31(38)39)32(40)41-19-28-26-7-3-1-5-24(26)25-6-2-4-8-27(25)28;34-25(19-36)17-21-9-13-23(14-10-21)24-15-11-22(12-16-24)18-31(35)32(37)33(38)39-20-30-28-7-3-1-5-26(28)27-6-2-4-8-29(27)30/h7-8,11-12,14-17,21,26,28,39H,9-10,13,18-20,36H2,1-6H3,(H2,37,42)(H,38,45)(H,40,43);1-16,28-29H,17-19,34-35H2,(H,36,37)(H,38,39);1-16,19,25,30-31H,17-18,20,34-35H2/t26-,28-;29-,33-;25-,31-/m000/s1. The molecule has 26 heteroatoms. The van der Waals surface area contributed by atoms with E-state index in [2.05, 4.69) is 32.7 Å². The number of amides is 4. The van der Waals surface area contributed by atoms with Crippen LogP contribution >= 0.6 is 0 Å². The Morgan fingerprint density at radius 2 is 0.945 bits per heavy atom. The predicted molar refractivity (Wildman–Crippen MR) is 487 cm³/mol. The molecule has 0 unspecified atom stereocenters. The number of nitrogens with two attached hydrogens (primary N) is 6. The van der Waals surface area contributed by atoms with Crippen LogP contribution in [0.3, 0.4) is 0 Å². The summed E-state index contributed by atoms with van der Waals surface area (Å²) in [5.41, 5.74) is 50.2. The number of primary amides is 1. The lowest BCUT2D eigenvalue weighted by Gasteiger charge is -2.24. The SMILES string of the molecule is CC(C)(C)OC(=O)NCCCC[C@H](NC(=O)[C@@H](N)Cc1ccc(OC(C)(C)C)cc1)C(=O)N=C(Cc1c[nH]c2ccccc12)C(N)=O.N[C@@H](Cc1ccc(-c2ccc(C[C@](N)(C(=O)O)C(=O)OCC3c4ccccc4-c4ccccc43)cc2)cc1)C(=O)O.N[C@H](C=O)Cc1ccc(-c2ccc(C[C@H](N)C(=O)C(=O)OCC3c4ccccc4-c4ccccc43)cc2)cc1. The monoisotopic (exact) mass is 1720 g/mol. The molecule has 1 heterocycles. The number of unbranched alkanes of at least 4 members (excludes halogenated alkanes) is 1. The lowest BCUT2D eigenvalue weighted by atomic mass is 9.90. The summed E-state index contributed by atoms with van der Waals surface area (Å²) >= 11 is 0. The summed E-state index contributed by atoms with van der Waals surface area (Å²) in [4.78, 5) is 131. The first-order chi connectivity index (χ1) is 60.6. The van der Waals surface area contributed by atoms with Gasteiger partial charge in [0, 0.05) is 48.3 Å². The number of aromatic nitrogens is 1. The van der Waals surface area contributed by atoms with Crippen LogP contribution in [0.25, 0.3) is 55.4 Å². The van der Waals surface area contributed by atoms with Crippen molar-refractivity contribution in [1.82, 2.24) is 15.6 Å². The number of esters is 2. The minimum atomic E-state index is -2.26. The van der Waals surface area contributed by atoms with Gasteiger partial charge in [-0.25, -0.2) is 24.2 Å². The molecule has 0 fully saturated rings. The molecule has 17 N–H and O–H groups in total. The van der Waals surface area contributed by atoms with E-state index in [0.29, 0.717) is 37.1 Å². The van der Waals surface area contributed by atoms with Gasteiger partial charge < -0.3 is 84.0 Å². The number of fused-ring (bicyclic) bond motifs is 7. The Kier molecular flexibility index (Phi) is 31.5. The van der Waals surface area contributed by atoms with Gasteiger partial charge in [-0.3, -0.25) is 24.0 Å². The Bertz CT molecular complexity index is 5690. The van der Waals surface area contributed by atoms with Crippen LogP contribution in [0, 0.1) is 0 Å². The van der Waals surface area contributed by atoms with E-state index in [1.54, 1.807) is 39.1 Å². The number of aldehydes is 1. The zero-order valence-electron chi connectivity index (χ0n) is 71.8. The van der Waals surface area contributed by atoms with Crippen LogP contribution in [0.4, 0.5) is 4.79 Å². The van der Waals surface area contributed by atoms with E-state index in [1.165, 1.54) is 0 Å². The van der Waals surface area contributed by atoms with Crippen molar-refractivity contribution in [2.75, 3.05) is 19.8 Å². The quantitative estimate of drug-likeness (QED) is 0.00339. The van der Waals surface area contributed by atoms with Crippen LogP contribution < -0.4 is 49.8 Å². The first kappa shape index (κ1) is 93.8. The highest BCUT2D eigenvalue weighted by Crippen LogP contribution is 2.46. The number of aliphatic imine (C=N–C) groups is 1. The maximum atomic E-state index is 13.5. The maximum Gasteiger partial charge on any atom is 0.407 e. The first-order valence-electron chi connectivity index (χ1n) is 42.0. The molecular weight excluding hydrogens is 1610 g/mol. The molecule has 127 heavy (non-hydrogen) atoms. The minimum absolute atomic E-state index is 0.0224. The molecule has 0 saturated heterocycles. The predicted octanol–water partition coefficient (Wildman–Crippen LogP) is 12.3. The Hall–Kier alpha value is -13.9. The number of rotatable bonds is 34. The lowest BCUT2D eigenvalue weighted by Crippen LogP contribution is -2.57. The number of carbonyl (C=O) groups is 10. The van der Waals surface area contributed by atoms with Crippen molar-refractivity contribution >= 4 is 76.4 Å². The second kappa shape index (κ2) is 42.7. The topological polar surface area (TPSA) is 456 Å². The number of aromatic amines is 1. The second-order valence-corrected chi connectivity index (χ2v) is 33.7. The molecule has 1 aromatic heterocycles. The third-order valence-electron chi connectivity index (χ3n) is 21.7. The summed E-state index contributed by atoms with van der Waals surface area (Å²) in [6.07, 6.45) is 4.02. The fraction of sp³-hybridized carbons (Fsp3) is 0.277. The van der Waals surface area contributed by atoms with Crippen molar-refractivity contribution < 1.29 is 77.1 Å². The summed E-state index contributed by atoms with van der Waals surface area (Å²) < 4.78 is 22.2. The van der Waals surface area contributed by atoms with Crippen LogP contribution in [0.1, 0.15) is 128 Å². The maximum absolute atomic E-state index is 13.5. The number of hydrogen-bond acceptors (Lipinski definition) is 19. The third kappa shape index (κ3) is 25.4. The summed E-state index contributed by atoms with van der Waals surface area (Å²) in [7, 11) is 0. The van der Waals surface area contributed by atoms with Gasteiger partial charge in [-0.1, -0.05) is 224 Å². The molecule has 0 saturated carbocycles. The molecule has 0 aliphatic heterocycles. The Morgan fingerprint density at radius 3 is 1.40 bits per heavy atom.